The summed E-state index contributed by atoms with van der Waals surface area (Å²) in [6, 6.07) is 12.6. The van der Waals surface area contributed by atoms with Crippen molar-refractivity contribution in [3.63, 3.8) is 0 Å². The molecule has 2 heterocycles. The first-order valence-corrected chi connectivity index (χ1v) is 11.0. The number of para-hydroxylation sites is 1. The van der Waals surface area contributed by atoms with Crippen LogP contribution in [0.4, 0.5) is 5.69 Å². The van der Waals surface area contributed by atoms with Gasteiger partial charge >= 0.3 is 0 Å². The number of carbonyl (C=O) groups is 1. The smallest absolute Gasteiger partial charge is 0.278 e. The number of benzene rings is 2. The molecule has 0 saturated carbocycles. The molecule has 0 aliphatic rings. The van der Waals surface area contributed by atoms with E-state index in [1.54, 1.807) is 29.8 Å². The summed E-state index contributed by atoms with van der Waals surface area (Å²) in [4.78, 5) is 17.4. The van der Waals surface area contributed by atoms with Crippen molar-refractivity contribution in [2.75, 3.05) is 19.0 Å². The number of halogens is 1. The number of methoxy groups -OCH3 is 1. The van der Waals surface area contributed by atoms with E-state index in [4.69, 9.17) is 25.5 Å². The molecule has 176 valence electrons. The van der Waals surface area contributed by atoms with Gasteiger partial charge in [-0.1, -0.05) is 28.9 Å². The summed E-state index contributed by atoms with van der Waals surface area (Å²) in [5.41, 5.74) is 2.77. The fourth-order valence-electron chi connectivity index (χ4n) is 3.41. The molecule has 0 fully saturated rings. The molecule has 0 aliphatic heterocycles. The van der Waals surface area contributed by atoms with Gasteiger partial charge in [-0.2, -0.15) is 0 Å². The van der Waals surface area contributed by atoms with Crippen molar-refractivity contribution in [3.05, 3.63) is 70.3 Å². The van der Waals surface area contributed by atoms with Gasteiger partial charge in [0, 0.05) is 5.69 Å². The summed E-state index contributed by atoms with van der Waals surface area (Å²) in [6.45, 7) is 6.37. The largest absolute Gasteiger partial charge is 0.495 e. The van der Waals surface area contributed by atoms with E-state index >= 15 is 0 Å². The molecule has 1 N–H and O–H groups in total. The minimum absolute atomic E-state index is 0.204. The average molecular weight is 482 g/mol. The third-order valence-corrected chi connectivity index (χ3v) is 5.51. The highest BCUT2D eigenvalue weighted by Crippen LogP contribution is 2.31. The highest BCUT2D eigenvalue weighted by Gasteiger charge is 2.20. The van der Waals surface area contributed by atoms with E-state index in [-0.39, 0.29) is 5.69 Å². The number of aromatic nitrogens is 4. The van der Waals surface area contributed by atoms with Crippen molar-refractivity contribution in [2.24, 2.45) is 0 Å². The maximum absolute atomic E-state index is 12.8. The second-order valence-corrected chi connectivity index (χ2v) is 7.84. The Labute approximate surface area is 201 Å². The third-order valence-electron chi connectivity index (χ3n) is 5.22. The van der Waals surface area contributed by atoms with Crippen molar-refractivity contribution in [2.45, 2.75) is 27.3 Å². The number of nitrogens with one attached hydrogen (secondary N) is 1. The molecule has 4 rings (SSSR count). The number of hydrogen-bond donors (Lipinski definition) is 1. The molecule has 10 heteroatoms. The fourth-order valence-corrected chi connectivity index (χ4v) is 3.67. The van der Waals surface area contributed by atoms with Gasteiger partial charge in [-0.05, 0) is 51.1 Å². The first-order valence-electron chi connectivity index (χ1n) is 10.6. The molecule has 1 amide bonds. The number of nitrogens with zero attached hydrogens (tertiary/aromatic N) is 4. The Morgan fingerprint density at radius 1 is 1.18 bits per heavy atom. The van der Waals surface area contributed by atoms with Crippen LogP contribution in [0.3, 0.4) is 0 Å². The molecule has 0 saturated heterocycles. The van der Waals surface area contributed by atoms with Gasteiger partial charge in [-0.15, -0.1) is 5.10 Å². The van der Waals surface area contributed by atoms with Crippen molar-refractivity contribution in [1.82, 2.24) is 20.0 Å². The number of rotatable bonds is 8. The maximum Gasteiger partial charge on any atom is 0.278 e. The van der Waals surface area contributed by atoms with Crippen molar-refractivity contribution in [1.29, 1.82) is 0 Å². The van der Waals surface area contributed by atoms with Crippen molar-refractivity contribution < 1.29 is 18.7 Å². The van der Waals surface area contributed by atoms with Gasteiger partial charge in [0.25, 0.3) is 5.91 Å². The predicted octanol–water partition coefficient (Wildman–Crippen LogP) is 4.91. The van der Waals surface area contributed by atoms with E-state index in [1.165, 1.54) is 7.11 Å². The van der Waals surface area contributed by atoms with Gasteiger partial charge < -0.3 is 19.2 Å². The molecule has 0 radical (unpaired) electrons. The molecule has 0 spiro atoms. The maximum atomic E-state index is 12.8. The van der Waals surface area contributed by atoms with E-state index < -0.39 is 5.91 Å². The molecule has 0 unspecified atom stereocenters. The third kappa shape index (κ3) is 4.74. The zero-order valence-electron chi connectivity index (χ0n) is 19.3. The minimum atomic E-state index is -0.395. The summed E-state index contributed by atoms with van der Waals surface area (Å²) in [6.07, 6.45) is 0. The molecule has 2 aromatic carbocycles. The summed E-state index contributed by atoms with van der Waals surface area (Å²) < 4.78 is 18.3. The highest BCUT2D eigenvalue weighted by atomic mass is 35.5. The fraction of sp³-hybridized carbons (Fsp3) is 0.250. The van der Waals surface area contributed by atoms with Crippen LogP contribution in [0.5, 0.6) is 11.5 Å². The highest BCUT2D eigenvalue weighted by molar-refractivity contribution is 6.32. The summed E-state index contributed by atoms with van der Waals surface area (Å²) >= 11 is 6.14. The number of carbonyl (C=O) groups excluding carboxylic acids is 1. The van der Waals surface area contributed by atoms with E-state index in [1.807, 2.05) is 38.1 Å². The quantitative estimate of drug-likeness (QED) is 0.381. The molecule has 0 bridgehead atoms. The summed E-state index contributed by atoms with van der Waals surface area (Å²) in [7, 11) is 1.53. The molecule has 9 nitrogen and oxygen atoms in total. The Hall–Kier alpha value is -3.85. The monoisotopic (exact) mass is 481 g/mol. The zero-order valence-corrected chi connectivity index (χ0v) is 20.0. The normalized spacial score (nSPS) is 10.9. The Morgan fingerprint density at radius 3 is 2.71 bits per heavy atom. The van der Waals surface area contributed by atoms with E-state index in [0.29, 0.717) is 58.4 Å². The molecule has 2 aromatic heterocycles. The molecule has 4 aromatic rings. The number of oxazole rings is 1. The van der Waals surface area contributed by atoms with Gasteiger partial charge in [0.05, 0.1) is 36.5 Å². The molecular formula is C24H24ClN5O4. The van der Waals surface area contributed by atoms with Gasteiger partial charge in [0.1, 0.15) is 23.0 Å². The van der Waals surface area contributed by atoms with Crippen LogP contribution in [0, 0.1) is 13.8 Å². The number of aryl methyl sites for hydroxylation is 1. The molecule has 0 aliphatic carbocycles. The minimum Gasteiger partial charge on any atom is -0.495 e. The van der Waals surface area contributed by atoms with Crippen LogP contribution < -0.4 is 14.8 Å². The van der Waals surface area contributed by atoms with Crippen LogP contribution in [0.1, 0.15) is 34.6 Å². The molecule has 34 heavy (non-hydrogen) atoms. The average Bonchev–Trinajstić information content (AvgIpc) is 3.37. The Balaban J connectivity index is 1.53. The van der Waals surface area contributed by atoms with Gasteiger partial charge in [0.2, 0.25) is 5.89 Å². The lowest BCUT2D eigenvalue weighted by atomic mass is 10.2. The Bertz CT molecular complexity index is 1330. The van der Waals surface area contributed by atoms with Crippen LogP contribution >= 0.6 is 11.6 Å². The lowest BCUT2D eigenvalue weighted by Gasteiger charge is -2.07. The predicted molar refractivity (Wildman–Crippen MR) is 128 cm³/mol. The molecule has 0 atom stereocenters. The Morgan fingerprint density at radius 2 is 1.97 bits per heavy atom. The lowest BCUT2D eigenvalue weighted by Crippen LogP contribution is -2.14. The lowest BCUT2D eigenvalue weighted by molar-refractivity contribution is 0.102. The number of amides is 1. The number of anilines is 1. The second kappa shape index (κ2) is 9.96. The van der Waals surface area contributed by atoms with Crippen LogP contribution in [-0.2, 0) is 6.54 Å². The van der Waals surface area contributed by atoms with Crippen LogP contribution in [-0.4, -0.2) is 39.6 Å². The van der Waals surface area contributed by atoms with Crippen molar-refractivity contribution >= 4 is 23.2 Å². The molecular weight excluding hydrogens is 458 g/mol. The zero-order chi connectivity index (χ0) is 24.2. The van der Waals surface area contributed by atoms with Crippen molar-refractivity contribution in [3.8, 4) is 23.0 Å². The standard InChI is InChI=1S/C24H24ClN5O4/c1-5-33-20-9-7-6-8-17(20)24-27-19(15(3)34-24)13-30-14(2)22(28-29-30)23(31)26-16-10-11-21(32-4)18(25)12-16/h6-12H,5,13H2,1-4H3,(H,26,31). The first kappa shape index (κ1) is 23.3. The number of hydrogen-bond acceptors (Lipinski definition) is 7. The van der Waals surface area contributed by atoms with Gasteiger partial charge in [0.15, 0.2) is 5.69 Å². The first-order chi connectivity index (χ1) is 16.4. The van der Waals surface area contributed by atoms with Crippen LogP contribution in [0.15, 0.2) is 46.9 Å². The van der Waals surface area contributed by atoms with E-state index in [9.17, 15) is 4.79 Å². The van der Waals surface area contributed by atoms with Gasteiger partial charge in [-0.3, -0.25) is 4.79 Å². The summed E-state index contributed by atoms with van der Waals surface area (Å²) in [5.74, 6) is 1.94. The van der Waals surface area contributed by atoms with E-state index in [0.717, 1.165) is 5.56 Å². The summed E-state index contributed by atoms with van der Waals surface area (Å²) in [5, 5.41) is 11.4. The topological polar surface area (TPSA) is 104 Å². The van der Waals surface area contributed by atoms with Gasteiger partial charge in [-0.25, -0.2) is 9.67 Å². The van der Waals surface area contributed by atoms with Crippen LogP contribution in [0.25, 0.3) is 11.5 Å². The second-order valence-electron chi connectivity index (χ2n) is 7.44. The number of ether oxygens (including phenoxy) is 2. The Kier molecular flexibility index (Phi) is 6.83. The van der Waals surface area contributed by atoms with Crippen LogP contribution in [0.2, 0.25) is 5.02 Å². The SMILES string of the molecule is CCOc1ccccc1-c1nc(Cn2nnc(C(=O)Nc3ccc(OC)c(Cl)c3)c2C)c(C)o1. The van der Waals surface area contributed by atoms with E-state index in [2.05, 4.69) is 20.6 Å².